The van der Waals surface area contributed by atoms with Crippen molar-refractivity contribution in [3.8, 4) is 0 Å². The van der Waals surface area contributed by atoms with Gasteiger partial charge in [-0.15, -0.1) is 0 Å². The van der Waals surface area contributed by atoms with E-state index in [-0.39, 0.29) is 11.8 Å². The van der Waals surface area contributed by atoms with E-state index < -0.39 is 5.60 Å². The molecule has 3 N–H and O–H groups in total. The molecule has 0 atom stereocenters. The van der Waals surface area contributed by atoms with E-state index in [0.29, 0.717) is 18.3 Å². The molecular weight excluding hydrogens is 340 g/mol. The van der Waals surface area contributed by atoms with Crippen LogP contribution in [0, 0.1) is 0 Å². The van der Waals surface area contributed by atoms with Gasteiger partial charge in [-0.25, -0.2) is 9.59 Å². The Morgan fingerprint density at radius 2 is 1.92 bits per heavy atom. The summed E-state index contributed by atoms with van der Waals surface area (Å²) in [7, 11) is 0. The minimum atomic E-state index is -0.456. The van der Waals surface area contributed by atoms with Gasteiger partial charge in [0.1, 0.15) is 5.60 Å². The van der Waals surface area contributed by atoms with Crippen LogP contribution in [0.2, 0.25) is 0 Å². The second-order valence-corrected chi connectivity index (χ2v) is 8.33. The predicted molar refractivity (Wildman–Crippen MR) is 101 cm³/mol. The largest absolute Gasteiger partial charge is 0.444 e. The number of imidazole rings is 1. The summed E-state index contributed by atoms with van der Waals surface area (Å²) in [5.41, 5.74) is 1.88. The summed E-state index contributed by atoms with van der Waals surface area (Å²) in [6, 6.07) is 5.73. The lowest BCUT2D eigenvalue weighted by molar-refractivity contribution is 0.0219. The lowest BCUT2D eigenvalue weighted by Gasteiger charge is -2.33. The summed E-state index contributed by atoms with van der Waals surface area (Å²) in [6.07, 6.45) is 1.60. The van der Waals surface area contributed by atoms with E-state index in [1.54, 1.807) is 16.8 Å². The number of piperidine rings is 1. The number of nitrogens with one attached hydrogen (secondary N) is 3. The van der Waals surface area contributed by atoms with Crippen molar-refractivity contribution in [3.05, 3.63) is 28.7 Å². The van der Waals surface area contributed by atoms with E-state index in [0.717, 1.165) is 29.6 Å². The van der Waals surface area contributed by atoms with Gasteiger partial charge in [0.05, 0.1) is 11.0 Å². The summed E-state index contributed by atoms with van der Waals surface area (Å²) in [6.45, 7) is 7.06. The number of amides is 1. The van der Waals surface area contributed by atoms with Gasteiger partial charge < -0.3 is 24.3 Å². The third-order valence-electron chi connectivity index (χ3n) is 3.95. The monoisotopic (exact) mass is 364 g/mol. The number of ether oxygens (including phenoxy) is 1. The molecule has 1 amide bonds. The third-order valence-corrected chi connectivity index (χ3v) is 5.11. The Bertz CT molecular complexity index is 800. The van der Waals surface area contributed by atoms with Crippen molar-refractivity contribution in [2.24, 2.45) is 0 Å². The first-order valence-corrected chi connectivity index (χ1v) is 9.30. The van der Waals surface area contributed by atoms with E-state index in [1.165, 1.54) is 0 Å². The fourth-order valence-corrected chi connectivity index (χ4v) is 3.61. The van der Waals surface area contributed by atoms with Crippen molar-refractivity contribution >= 4 is 34.8 Å². The van der Waals surface area contributed by atoms with Gasteiger partial charge in [0.2, 0.25) is 0 Å². The lowest BCUT2D eigenvalue weighted by Crippen LogP contribution is -2.42. The number of hydrogen-bond acceptors (Lipinski definition) is 5. The molecule has 2 aromatic rings. The molecular formula is C17H24N4O3S. The molecule has 0 radical (unpaired) electrons. The predicted octanol–water partition coefficient (Wildman–Crippen LogP) is 3.32. The Hall–Kier alpha value is -2.09. The fraction of sp³-hybridized carbons (Fsp3) is 0.529. The van der Waals surface area contributed by atoms with E-state index in [4.69, 9.17) is 4.74 Å². The van der Waals surface area contributed by atoms with Crippen LogP contribution in [0.25, 0.3) is 11.0 Å². The first-order valence-electron chi connectivity index (χ1n) is 8.42. The standard InChI is InChI=1S/C17H24N4O3S/c1-17(2,3)24-16(23)21-8-6-12(7-9-21)25-20-11-4-5-13-14(10-11)19-15(22)18-13/h4-5,10,12,20H,6-9H2,1-3H3,(H2,18,19,22). The number of carbonyl (C=O) groups excluding carboxylic acids is 1. The topological polar surface area (TPSA) is 90.2 Å². The Labute approximate surface area is 150 Å². The maximum atomic E-state index is 12.1. The molecule has 0 spiro atoms. The van der Waals surface area contributed by atoms with Crippen molar-refractivity contribution in [1.29, 1.82) is 0 Å². The maximum absolute atomic E-state index is 12.1. The number of carbonyl (C=O) groups is 1. The molecule has 8 heteroatoms. The molecule has 0 aliphatic carbocycles. The van der Waals surface area contributed by atoms with Crippen LogP contribution in [0.5, 0.6) is 0 Å². The highest BCUT2D eigenvalue weighted by Gasteiger charge is 2.27. The highest BCUT2D eigenvalue weighted by Crippen LogP contribution is 2.26. The molecule has 1 aliphatic rings. The summed E-state index contributed by atoms with van der Waals surface area (Å²) < 4.78 is 8.76. The molecule has 7 nitrogen and oxygen atoms in total. The minimum absolute atomic E-state index is 0.200. The van der Waals surface area contributed by atoms with Gasteiger partial charge in [-0.1, -0.05) is 0 Å². The number of aromatic amines is 2. The van der Waals surface area contributed by atoms with Crippen molar-refractivity contribution < 1.29 is 9.53 Å². The van der Waals surface area contributed by atoms with Crippen LogP contribution in [0.1, 0.15) is 33.6 Å². The zero-order chi connectivity index (χ0) is 18.0. The van der Waals surface area contributed by atoms with Crippen LogP contribution >= 0.6 is 11.9 Å². The van der Waals surface area contributed by atoms with Crippen molar-refractivity contribution in [2.45, 2.75) is 44.5 Å². The number of H-pyrrole nitrogens is 2. The molecule has 0 bridgehead atoms. The van der Waals surface area contributed by atoms with Gasteiger partial charge in [-0.2, -0.15) is 0 Å². The van der Waals surface area contributed by atoms with Crippen LogP contribution in [-0.4, -0.2) is 44.9 Å². The quantitative estimate of drug-likeness (QED) is 0.727. The Morgan fingerprint density at radius 3 is 2.60 bits per heavy atom. The molecule has 1 aromatic heterocycles. The second-order valence-electron chi connectivity index (χ2n) is 7.23. The molecule has 0 saturated carbocycles. The Morgan fingerprint density at radius 1 is 1.24 bits per heavy atom. The molecule has 3 rings (SSSR count). The number of likely N-dealkylation sites (tertiary alicyclic amines) is 1. The number of hydrogen-bond donors (Lipinski definition) is 3. The van der Waals surface area contributed by atoms with Crippen LogP contribution < -0.4 is 10.4 Å². The number of nitrogens with zero attached hydrogens (tertiary/aromatic N) is 1. The number of rotatable bonds is 3. The lowest BCUT2D eigenvalue weighted by atomic mass is 10.1. The summed E-state index contributed by atoms with van der Waals surface area (Å²) in [4.78, 5) is 30.6. The van der Waals surface area contributed by atoms with Gasteiger partial charge >= 0.3 is 11.8 Å². The van der Waals surface area contributed by atoms with Gasteiger partial charge in [0, 0.05) is 24.0 Å². The molecule has 1 aromatic carbocycles. The smallest absolute Gasteiger partial charge is 0.410 e. The number of benzene rings is 1. The summed E-state index contributed by atoms with van der Waals surface area (Å²) in [5, 5.41) is 0.430. The van der Waals surface area contributed by atoms with Crippen molar-refractivity contribution in [2.75, 3.05) is 17.8 Å². The maximum Gasteiger partial charge on any atom is 0.410 e. The molecule has 1 saturated heterocycles. The zero-order valence-corrected chi connectivity index (χ0v) is 15.5. The molecule has 25 heavy (non-hydrogen) atoms. The SMILES string of the molecule is CC(C)(C)OC(=O)N1CCC(SNc2ccc3[nH]c(=O)[nH]c3c2)CC1. The normalized spacial score (nSPS) is 16.2. The number of fused-ring (bicyclic) bond motifs is 1. The second kappa shape index (κ2) is 7.03. The minimum Gasteiger partial charge on any atom is -0.444 e. The zero-order valence-electron chi connectivity index (χ0n) is 14.7. The van der Waals surface area contributed by atoms with E-state index in [9.17, 15) is 9.59 Å². The number of aromatic nitrogens is 2. The van der Waals surface area contributed by atoms with Crippen molar-refractivity contribution in [3.63, 3.8) is 0 Å². The Kier molecular flexibility index (Phi) is 4.99. The molecule has 0 unspecified atom stereocenters. The molecule has 136 valence electrons. The van der Waals surface area contributed by atoms with Crippen LogP contribution in [-0.2, 0) is 4.74 Å². The van der Waals surface area contributed by atoms with Crippen LogP contribution in [0.3, 0.4) is 0 Å². The fourth-order valence-electron chi connectivity index (χ4n) is 2.73. The highest BCUT2D eigenvalue weighted by atomic mass is 32.2. The summed E-state index contributed by atoms with van der Waals surface area (Å²) >= 11 is 1.66. The molecule has 2 heterocycles. The molecule has 1 aliphatic heterocycles. The molecule has 1 fully saturated rings. The third kappa shape index (κ3) is 4.72. The van der Waals surface area contributed by atoms with E-state index >= 15 is 0 Å². The van der Waals surface area contributed by atoms with Crippen LogP contribution in [0.4, 0.5) is 10.5 Å². The van der Waals surface area contributed by atoms with E-state index in [2.05, 4.69) is 14.7 Å². The van der Waals surface area contributed by atoms with Crippen LogP contribution in [0.15, 0.2) is 23.0 Å². The average Bonchev–Trinajstić information content (AvgIpc) is 2.91. The Balaban J connectivity index is 1.48. The van der Waals surface area contributed by atoms with Gasteiger partial charge in [-0.05, 0) is 63.8 Å². The van der Waals surface area contributed by atoms with Crippen molar-refractivity contribution in [1.82, 2.24) is 14.9 Å². The van der Waals surface area contributed by atoms with Gasteiger partial charge in [0.15, 0.2) is 0 Å². The van der Waals surface area contributed by atoms with E-state index in [1.807, 2.05) is 39.0 Å². The first kappa shape index (κ1) is 17.7. The van der Waals surface area contributed by atoms with Gasteiger partial charge in [0.25, 0.3) is 0 Å². The first-order chi connectivity index (χ1) is 11.8. The summed E-state index contributed by atoms with van der Waals surface area (Å²) in [5.74, 6) is 0. The number of anilines is 1. The highest BCUT2D eigenvalue weighted by molar-refractivity contribution is 8.01. The van der Waals surface area contributed by atoms with Gasteiger partial charge in [-0.3, -0.25) is 0 Å². The average molecular weight is 364 g/mol.